The molecule has 0 aromatic heterocycles. The molecule has 3 aliphatic rings. The Balaban J connectivity index is 1.48. The van der Waals surface area contributed by atoms with Gasteiger partial charge in [-0.25, -0.2) is 0 Å². The Bertz CT molecular complexity index is 1790. The quantitative estimate of drug-likeness (QED) is 0.287. The summed E-state index contributed by atoms with van der Waals surface area (Å²) in [5, 5.41) is 6.58. The Hall–Kier alpha value is -4.88. The van der Waals surface area contributed by atoms with E-state index in [1.54, 1.807) is 48.5 Å². The number of hydrogen-bond acceptors (Lipinski definition) is 5. The summed E-state index contributed by atoms with van der Waals surface area (Å²) in [6.07, 6.45) is 3.92. The van der Waals surface area contributed by atoms with Gasteiger partial charge in [-0.05, 0) is 59.7 Å². The van der Waals surface area contributed by atoms with Gasteiger partial charge in [0.1, 0.15) is 17.2 Å². The van der Waals surface area contributed by atoms with Crippen LogP contribution in [0.15, 0.2) is 103 Å². The number of Topliss-reactive ketones (excluding diaryl/α,β-unsaturated/α-hetero) is 1. The summed E-state index contributed by atoms with van der Waals surface area (Å²) in [6.45, 7) is 0. The summed E-state index contributed by atoms with van der Waals surface area (Å²) in [4.78, 5) is 45.6. The lowest BCUT2D eigenvalue weighted by atomic mass is 9.64. The van der Waals surface area contributed by atoms with E-state index in [-0.39, 0.29) is 11.7 Å². The number of benzene rings is 4. The molecular formula is C34H26ClN3O4. The SMILES string of the molecule is COc1cccc(C(=O)[C@@H]2[C@H](C(=O)Nc3ccc(Cl)cc3)N3c4ccccc4C=C[C@H]3[C@@]23C(=O)Nc2ccccc23)c1. The molecule has 1 spiro atoms. The summed E-state index contributed by atoms with van der Waals surface area (Å²) >= 11 is 6.10. The Morgan fingerprint density at radius 3 is 2.52 bits per heavy atom. The third-order valence-corrected chi connectivity index (χ3v) is 8.81. The second-order valence-electron chi connectivity index (χ2n) is 10.7. The first-order chi connectivity index (χ1) is 20.4. The number of carbonyl (C=O) groups excluding carboxylic acids is 3. The molecule has 0 radical (unpaired) electrons. The van der Waals surface area contributed by atoms with Gasteiger partial charge in [0.2, 0.25) is 11.8 Å². The van der Waals surface area contributed by atoms with Crippen molar-refractivity contribution in [1.29, 1.82) is 0 Å². The Kier molecular flexibility index (Phi) is 6.13. The van der Waals surface area contributed by atoms with Crippen molar-refractivity contribution in [1.82, 2.24) is 0 Å². The number of methoxy groups -OCH3 is 1. The third kappa shape index (κ3) is 3.77. The molecule has 8 heteroatoms. The molecule has 1 fully saturated rings. The van der Waals surface area contributed by atoms with Crippen LogP contribution < -0.4 is 20.3 Å². The van der Waals surface area contributed by atoms with Crippen LogP contribution in [0.25, 0.3) is 6.08 Å². The van der Waals surface area contributed by atoms with Gasteiger partial charge in [0, 0.05) is 27.6 Å². The number of ether oxygens (including phenoxy) is 1. The van der Waals surface area contributed by atoms with Crippen molar-refractivity contribution in [3.8, 4) is 5.75 Å². The summed E-state index contributed by atoms with van der Waals surface area (Å²) in [6, 6.07) is 27.1. The number of para-hydroxylation sites is 2. The first-order valence-electron chi connectivity index (χ1n) is 13.6. The van der Waals surface area contributed by atoms with E-state index in [4.69, 9.17) is 16.3 Å². The standard InChI is InChI=1S/C34H26ClN3O4/c1-42-24-9-6-8-21(19-24)31(39)29-30(32(40)36-23-16-14-22(35)15-17-23)38-27-12-5-2-7-20(27)13-18-28(38)34(29)25-10-3-4-11-26(25)37-33(34)41/h2-19,28-30H,1H3,(H,36,40)(H,37,41)/t28-,29-,30+,34+/m0/s1. The van der Waals surface area contributed by atoms with Gasteiger partial charge in [-0.2, -0.15) is 0 Å². The molecule has 7 nitrogen and oxygen atoms in total. The van der Waals surface area contributed by atoms with Crippen molar-refractivity contribution in [3.05, 3.63) is 125 Å². The number of nitrogens with zero attached hydrogens (tertiary/aromatic N) is 1. The monoisotopic (exact) mass is 575 g/mol. The van der Waals surface area contributed by atoms with Crippen LogP contribution in [0.2, 0.25) is 5.02 Å². The van der Waals surface area contributed by atoms with Gasteiger partial charge in [-0.1, -0.05) is 72.3 Å². The Labute approximate surface area is 247 Å². The van der Waals surface area contributed by atoms with Crippen molar-refractivity contribution in [2.24, 2.45) is 5.92 Å². The number of halogens is 1. The molecule has 4 atom stereocenters. The molecule has 3 heterocycles. The second-order valence-corrected chi connectivity index (χ2v) is 11.1. The van der Waals surface area contributed by atoms with Crippen LogP contribution >= 0.6 is 11.6 Å². The summed E-state index contributed by atoms with van der Waals surface area (Å²) in [5.74, 6) is -1.61. The van der Waals surface area contributed by atoms with Gasteiger partial charge in [0.05, 0.1) is 19.1 Å². The predicted molar refractivity (Wildman–Crippen MR) is 163 cm³/mol. The molecule has 42 heavy (non-hydrogen) atoms. The summed E-state index contributed by atoms with van der Waals surface area (Å²) < 4.78 is 5.42. The molecule has 0 unspecified atom stereocenters. The molecule has 4 aromatic carbocycles. The first kappa shape index (κ1) is 26.0. The van der Waals surface area contributed by atoms with Crippen LogP contribution in [-0.4, -0.2) is 36.8 Å². The number of nitrogens with one attached hydrogen (secondary N) is 2. The van der Waals surface area contributed by atoms with E-state index >= 15 is 0 Å². The molecule has 208 valence electrons. The van der Waals surface area contributed by atoms with E-state index in [0.29, 0.717) is 33.3 Å². The van der Waals surface area contributed by atoms with E-state index in [9.17, 15) is 14.4 Å². The lowest BCUT2D eigenvalue weighted by Gasteiger charge is -2.37. The highest BCUT2D eigenvalue weighted by atomic mass is 35.5. The first-order valence-corrected chi connectivity index (χ1v) is 14.0. The number of hydrogen-bond donors (Lipinski definition) is 2. The molecular weight excluding hydrogens is 550 g/mol. The predicted octanol–water partition coefficient (Wildman–Crippen LogP) is 5.96. The maximum absolute atomic E-state index is 14.8. The summed E-state index contributed by atoms with van der Waals surface area (Å²) in [7, 11) is 1.53. The molecule has 0 saturated carbocycles. The highest BCUT2D eigenvalue weighted by Crippen LogP contribution is 2.57. The zero-order valence-corrected chi connectivity index (χ0v) is 23.3. The smallest absolute Gasteiger partial charge is 0.247 e. The van der Waals surface area contributed by atoms with E-state index < -0.39 is 29.3 Å². The van der Waals surface area contributed by atoms with Gasteiger partial charge < -0.3 is 20.3 Å². The van der Waals surface area contributed by atoms with E-state index in [0.717, 1.165) is 11.3 Å². The van der Waals surface area contributed by atoms with Crippen molar-refractivity contribution in [3.63, 3.8) is 0 Å². The topological polar surface area (TPSA) is 87.7 Å². The Morgan fingerprint density at radius 1 is 0.952 bits per heavy atom. The average molecular weight is 576 g/mol. The van der Waals surface area contributed by atoms with Crippen LogP contribution in [0.4, 0.5) is 17.1 Å². The molecule has 7 rings (SSSR count). The van der Waals surface area contributed by atoms with Crippen molar-refractivity contribution in [2.75, 3.05) is 22.6 Å². The number of ketones is 1. The van der Waals surface area contributed by atoms with Gasteiger partial charge >= 0.3 is 0 Å². The van der Waals surface area contributed by atoms with E-state index in [1.807, 2.05) is 65.6 Å². The van der Waals surface area contributed by atoms with Crippen LogP contribution in [0.5, 0.6) is 5.75 Å². The fraction of sp³-hybridized carbons (Fsp3) is 0.147. The molecule has 0 bridgehead atoms. The van der Waals surface area contributed by atoms with Crippen molar-refractivity contribution < 1.29 is 19.1 Å². The minimum atomic E-state index is -1.39. The van der Waals surface area contributed by atoms with Crippen molar-refractivity contribution in [2.45, 2.75) is 17.5 Å². The minimum Gasteiger partial charge on any atom is -0.497 e. The lowest BCUT2D eigenvalue weighted by molar-refractivity contribution is -0.122. The van der Waals surface area contributed by atoms with E-state index in [2.05, 4.69) is 10.6 Å². The molecule has 2 amide bonds. The van der Waals surface area contributed by atoms with Crippen LogP contribution in [0.3, 0.4) is 0 Å². The lowest BCUT2D eigenvalue weighted by Crippen LogP contribution is -2.51. The largest absolute Gasteiger partial charge is 0.497 e. The zero-order valence-electron chi connectivity index (χ0n) is 22.6. The van der Waals surface area contributed by atoms with Gasteiger partial charge in [-0.15, -0.1) is 0 Å². The van der Waals surface area contributed by atoms with Gasteiger partial charge in [0.25, 0.3) is 0 Å². The fourth-order valence-corrected chi connectivity index (χ4v) is 6.95. The van der Waals surface area contributed by atoms with Gasteiger partial charge in [0.15, 0.2) is 5.78 Å². The van der Waals surface area contributed by atoms with Crippen LogP contribution in [0, 0.1) is 5.92 Å². The second kappa shape index (κ2) is 9.89. The van der Waals surface area contributed by atoms with Crippen LogP contribution in [0.1, 0.15) is 21.5 Å². The summed E-state index contributed by atoms with van der Waals surface area (Å²) in [5.41, 5.74) is 2.51. The normalized spacial score (nSPS) is 23.1. The zero-order chi connectivity index (χ0) is 29.0. The average Bonchev–Trinajstić information content (AvgIpc) is 3.50. The van der Waals surface area contributed by atoms with Crippen molar-refractivity contribution >= 4 is 52.3 Å². The molecule has 4 aromatic rings. The molecule has 3 aliphatic heterocycles. The van der Waals surface area contributed by atoms with Crippen LogP contribution in [-0.2, 0) is 15.0 Å². The number of fused-ring (bicyclic) bond motifs is 6. The highest BCUT2D eigenvalue weighted by molar-refractivity contribution is 6.30. The molecule has 1 saturated heterocycles. The van der Waals surface area contributed by atoms with Gasteiger partial charge in [-0.3, -0.25) is 14.4 Å². The fourth-order valence-electron chi connectivity index (χ4n) is 6.83. The number of amides is 2. The molecule has 0 aliphatic carbocycles. The molecule has 2 N–H and O–H groups in total. The minimum absolute atomic E-state index is 0.314. The van der Waals surface area contributed by atoms with E-state index in [1.165, 1.54) is 7.11 Å². The number of rotatable bonds is 5. The Morgan fingerprint density at radius 2 is 1.71 bits per heavy atom. The number of carbonyl (C=O) groups is 3. The maximum Gasteiger partial charge on any atom is 0.247 e. The highest BCUT2D eigenvalue weighted by Gasteiger charge is 2.70. The maximum atomic E-state index is 14.8. The third-order valence-electron chi connectivity index (χ3n) is 8.56. The number of anilines is 3.